The first-order valence-electron chi connectivity index (χ1n) is 10.9. The van der Waals surface area contributed by atoms with Gasteiger partial charge in [-0.15, -0.1) is 0 Å². The van der Waals surface area contributed by atoms with E-state index in [4.69, 9.17) is 14.2 Å². The van der Waals surface area contributed by atoms with E-state index < -0.39 is 29.4 Å². The number of hydrogen-bond donors (Lipinski definition) is 2. The Balaban J connectivity index is 1.86. The molecule has 0 aliphatic carbocycles. The molecule has 0 radical (unpaired) electrons. The van der Waals surface area contributed by atoms with Crippen molar-refractivity contribution in [1.29, 1.82) is 0 Å². The maximum atomic E-state index is 11.8. The maximum Gasteiger partial charge on any atom is 0.408 e. The summed E-state index contributed by atoms with van der Waals surface area (Å²) in [5, 5.41) is 12.5. The minimum atomic E-state index is -1.36. The molecule has 34 heavy (non-hydrogen) atoms. The quantitative estimate of drug-likeness (QED) is 0.492. The lowest BCUT2D eigenvalue weighted by Crippen LogP contribution is -2.35. The van der Waals surface area contributed by atoms with Gasteiger partial charge in [0.1, 0.15) is 29.3 Å². The number of nitrogens with one attached hydrogen (secondary N) is 1. The second kappa shape index (κ2) is 11.5. The molecule has 0 spiro atoms. The molecule has 8 nitrogen and oxygen atoms in total. The van der Waals surface area contributed by atoms with Crippen molar-refractivity contribution in [1.82, 2.24) is 10.3 Å². The number of pyridine rings is 1. The van der Waals surface area contributed by atoms with Crippen molar-refractivity contribution in [2.75, 3.05) is 13.2 Å². The second-order valence-corrected chi connectivity index (χ2v) is 9.47. The van der Waals surface area contributed by atoms with Crippen molar-refractivity contribution in [3.8, 4) is 28.7 Å². The van der Waals surface area contributed by atoms with Crippen LogP contribution in [0.5, 0.6) is 5.75 Å². The SMILES string of the molecule is CC(C)(C)OC(=O)NCC#Cc1ccc(-c2ccc(OC[C@@H](O)C(=O)OC(C)(C)C)cc2)cn1. The average Bonchev–Trinajstić information content (AvgIpc) is 2.73. The van der Waals surface area contributed by atoms with Crippen LogP contribution in [0.25, 0.3) is 11.1 Å². The van der Waals surface area contributed by atoms with Crippen LogP contribution in [0, 0.1) is 11.8 Å². The first-order chi connectivity index (χ1) is 15.8. The molecule has 0 saturated carbocycles. The second-order valence-electron chi connectivity index (χ2n) is 9.47. The van der Waals surface area contributed by atoms with Crippen LogP contribution in [0.15, 0.2) is 42.6 Å². The molecule has 0 fully saturated rings. The summed E-state index contributed by atoms with van der Waals surface area (Å²) < 4.78 is 15.8. The zero-order chi connectivity index (χ0) is 25.4. The number of alkyl carbamates (subject to hydrolysis) is 1. The van der Waals surface area contributed by atoms with Gasteiger partial charge >= 0.3 is 12.1 Å². The van der Waals surface area contributed by atoms with E-state index in [1.807, 2.05) is 18.2 Å². The minimum absolute atomic E-state index is 0.155. The first kappa shape index (κ1) is 26.7. The highest BCUT2D eigenvalue weighted by atomic mass is 16.6. The predicted molar refractivity (Wildman–Crippen MR) is 128 cm³/mol. The van der Waals surface area contributed by atoms with E-state index in [0.717, 1.165) is 11.1 Å². The van der Waals surface area contributed by atoms with Gasteiger partial charge < -0.3 is 24.6 Å². The lowest BCUT2D eigenvalue weighted by molar-refractivity contribution is -0.166. The van der Waals surface area contributed by atoms with Gasteiger partial charge in [0.2, 0.25) is 0 Å². The number of aliphatic hydroxyl groups is 1. The summed E-state index contributed by atoms with van der Waals surface area (Å²) in [5.41, 5.74) is 1.15. The van der Waals surface area contributed by atoms with Crippen LogP contribution in [-0.2, 0) is 14.3 Å². The lowest BCUT2D eigenvalue weighted by atomic mass is 10.1. The highest BCUT2D eigenvalue weighted by molar-refractivity contribution is 5.75. The predicted octanol–water partition coefficient (Wildman–Crippen LogP) is 3.71. The molecular weight excluding hydrogens is 436 g/mol. The normalized spacial score (nSPS) is 12.1. The molecule has 0 unspecified atom stereocenters. The summed E-state index contributed by atoms with van der Waals surface area (Å²) in [6.45, 7) is 10.5. The van der Waals surface area contributed by atoms with Gasteiger partial charge in [-0.05, 0) is 71.2 Å². The minimum Gasteiger partial charge on any atom is -0.490 e. The van der Waals surface area contributed by atoms with E-state index >= 15 is 0 Å². The van der Waals surface area contributed by atoms with Crippen molar-refractivity contribution in [3.63, 3.8) is 0 Å². The molecule has 2 rings (SSSR count). The van der Waals surface area contributed by atoms with Gasteiger partial charge in [-0.1, -0.05) is 24.1 Å². The van der Waals surface area contributed by atoms with E-state index in [0.29, 0.717) is 11.4 Å². The van der Waals surface area contributed by atoms with E-state index in [1.54, 1.807) is 65.9 Å². The third-order valence-corrected chi connectivity index (χ3v) is 3.97. The lowest BCUT2D eigenvalue weighted by Gasteiger charge is -2.21. The van der Waals surface area contributed by atoms with E-state index in [-0.39, 0.29) is 13.2 Å². The number of aromatic nitrogens is 1. The molecule has 182 valence electrons. The average molecular weight is 469 g/mol. The van der Waals surface area contributed by atoms with Crippen LogP contribution < -0.4 is 10.1 Å². The molecule has 1 aromatic heterocycles. The molecule has 1 amide bonds. The summed E-state index contributed by atoms with van der Waals surface area (Å²) in [6.07, 6.45) is -0.180. The highest BCUT2D eigenvalue weighted by Crippen LogP contribution is 2.22. The maximum absolute atomic E-state index is 11.8. The molecule has 0 saturated heterocycles. The standard InChI is InChI=1S/C26H32N2O6/c1-25(2,3)33-23(30)22(29)17-32-21-13-10-18(11-14-21)19-9-12-20(28-16-19)8-7-15-27-24(31)34-26(4,5)6/h9-14,16,22,29H,15,17H2,1-6H3,(H,27,31)/t22-/m1/s1. The van der Waals surface area contributed by atoms with E-state index in [1.165, 1.54) is 0 Å². The van der Waals surface area contributed by atoms with E-state index in [9.17, 15) is 14.7 Å². The Bertz CT molecular complexity index is 1020. The smallest absolute Gasteiger partial charge is 0.408 e. The van der Waals surface area contributed by atoms with Crippen molar-refractivity contribution >= 4 is 12.1 Å². The van der Waals surface area contributed by atoms with Gasteiger partial charge in [0.25, 0.3) is 0 Å². The third-order valence-electron chi connectivity index (χ3n) is 3.97. The molecule has 1 aromatic carbocycles. The number of nitrogens with zero attached hydrogens (tertiary/aromatic N) is 1. The number of rotatable bonds is 6. The van der Waals surface area contributed by atoms with Crippen molar-refractivity contribution in [2.45, 2.75) is 58.8 Å². The Morgan fingerprint density at radius 1 is 0.971 bits per heavy atom. The van der Waals surface area contributed by atoms with Crippen LogP contribution >= 0.6 is 0 Å². The Kier molecular flexibility index (Phi) is 9.04. The van der Waals surface area contributed by atoms with Crippen LogP contribution in [0.2, 0.25) is 0 Å². The van der Waals surface area contributed by atoms with Crippen molar-refractivity contribution in [3.05, 3.63) is 48.3 Å². The number of hydrogen-bond acceptors (Lipinski definition) is 7. The van der Waals surface area contributed by atoms with Crippen LogP contribution in [0.4, 0.5) is 4.79 Å². The molecule has 1 heterocycles. The molecule has 1 atom stereocenters. The first-order valence-corrected chi connectivity index (χ1v) is 10.9. The monoisotopic (exact) mass is 468 g/mol. The Labute approximate surface area is 200 Å². The summed E-state index contributed by atoms with van der Waals surface area (Å²) in [7, 11) is 0. The van der Waals surface area contributed by atoms with Crippen LogP contribution in [-0.4, -0.2) is 52.6 Å². The fraction of sp³-hybridized carbons (Fsp3) is 0.423. The van der Waals surface area contributed by atoms with E-state index in [2.05, 4.69) is 22.1 Å². The summed E-state index contributed by atoms with van der Waals surface area (Å²) in [5.74, 6) is 5.51. The molecule has 0 bridgehead atoms. The Morgan fingerprint density at radius 3 is 2.15 bits per heavy atom. The molecule has 0 aliphatic rings. The number of aliphatic hydroxyl groups excluding tert-OH is 1. The molecule has 2 N–H and O–H groups in total. The van der Waals surface area contributed by atoms with Gasteiger partial charge in [0.15, 0.2) is 6.10 Å². The summed E-state index contributed by atoms with van der Waals surface area (Å²) in [4.78, 5) is 27.7. The Morgan fingerprint density at radius 2 is 1.59 bits per heavy atom. The molecular formula is C26H32N2O6. The van der Waals surface area contributed by atoms with Crippen LogP contribution in [0.3, 0.4) is 0 Å². The molecule has 8 heteroatoms. The fourth-order valence-electron chi connectivity index (χ4n) is 2.56. The largest absolute Gasteiger partial charge is 0.490 e. The van der Waals surface area contributed by atoms with Crippen molar-refractivity contribution in [2.24, 2.45) is 0 Å². The van der Waals surface area contributed by atoms with Gasteiger partial charge in [0, 0.05) is 11.8 Å². The number of benzene rings is 1. The number of carbonyl (C=O) groups is 2. The summed E-state index contributed by atoms with van der Waals surface area (Å²) >= 11 is 0. The van der Waals surface area contributed by atoms with Gasteiger partial charge in [-0.25, -0.2) is 14.6 Å². The van der Waals surface area contributed by atoms with Gasteiger partial charge in [-0.2, -0.15) is 0 Å². The topological polar surface area (TPSA) is 107 Å². The number of esters is 1. The Hall–Kier alpha value is -3.57. The zero-order valence-electron chi connectivity index (χ0n) is 20.5. The third kappa shape index (κ3) is 9.92. The van der Waals surface area contributed by atoms with Crippen LogP contribution in [0.1, 0.15) is 47.2 Å². The number of amides is 1. The number of carbonyl (C=O) groups excluding carboxylic acids is 2. The highest BCUT2D eigenvalue weighted by Gasteiger charge is 2.23. The molecule has 2 aromatic rings. The summed E-state index contributed by atoms with van der Waals surface area (Å²) in [6, 6.07) is 10.9. The zero-order valence-corrected chi connectivity index (χ0v) is 20.5. The molecule has 0 aliphatic heterocycles. The van der Waals surface area contributed by atoms with Gasteiger partial charge in [-0.3, -0.25) is 0 Å². The van der Waals surface area contributed by atoms with Gasteiger partial charge in [0.05, 0.1) is 6.54 Å². The fourth-order valence-corrected chi connectivity index (χ4v) is 2.56. The number of ether oxygens (including phenoxy) is 3. The van der Waals surface area contributed by atoms with Crippen molar-refractivity contribution < 1.29 is 28.9 Å².